The maximum Gasteiger partial charge on any atom is 0.196 e. The Bertz CT molecular complexity index is 1110. The van der Waals surface area contributed by atoms with E-state index in [-0.39, 0.29) is 5.43 Å². The molecule has 0 N–H and O–H groups in total. The van der Waals surface area contributed by atoms with Crippen molar-refractivity contribution in [3.05, 3.63) is 64.8 Å². The van der Waals surface area contributed by atoms with Crippen LogP contribution in [0.4, 0.5) is 5.69 Å². The number of piperidine rings is 1. The molecule has 1 saturated heterocycles. The van der Waals surface area contributed by atoms with Crippen LogP contribution in [0.3, 0.4) is 0 Å². The first-order chi connectivity index (χ1) is 11.8. The minimum absolute atomic E-state index is 0.180. The summed E-state index contributed by atoms with van der Waals surface area (Å²) in [5, 5.41) is 6.30. The molecule has 0 bridgehead atoms. The van der Waals surface area contributed by atoms with Crippen LogP contribution in [0.1, 0.15) is 19.3 Å². The van der Waals surface area contributed by atoms with Crippen molar-refractivity contribution in [1.82, 2.24) is 0 Å². The van der Waals surface area contributed by atoms with Gasteiger partial charge in [-0.2, -0.15) is 0 Å². The molecule has 1 aliphatic rings. The van der Waals surface area contributed by atoms with Gasteiger partial charge in [0.2, 0.25) is 0 Å². The summed E-state index contributed by atoms with van der Waals surface area (Å²) in [6.45, 7) is 2.11. The smallest absolute Gasteiger partial charge is 0.196 e. The summed E-state index contributed by atoms with van der Waals surface area (Å²) >= 11 is 0. The van der Waals surface area contributed by atoms with Gasteiger partial charge in [-0.05, 0) is 41.5 Å². The molecule has 0 spiro atoms. The first-order valence-corrected chi connectivity index (χ1v) is 8.79. The number of rotatable bonds is 1. The standard InChI is InChI=1S/C22H19NO/c24-22-18-11-5-4-9-16(18)17-10-3-2-8-15-14-19(21(22)20(15)17)23-12-6-1-7-13-23/h2-5,8-11,14H,1,6-7,12-13H2. The summed E-state index contributed by atoms with van der Waals surface area (Å²) in [5.74, 6) is 0. The Morgan fingerprint density at radius 1 is 0.708 bits per heavy atom. The first kappa shape index (κ1) is 13.8. The molecule has 0 saturated carbocycles. The summed E-state index contributed by atoms with van der Waals surface area (Å²) in [7, 11) is 0. The highest BCUT2D eigenvalue weighted by Crippen LogP contribution is 2.38. The predicted molar refractivity (Wildman–Crippen MR) is 102 cm³/mol. The Hall–Kier alpha value is -2.61. The second kappa shape index (κ2) is 5.20. The van der Waals surface area contributed by atoms with E-state index in [1.165, 1.54) is 30.0 Å². The van der Waals surface area contributed by atoms with Gasteiger partial charge < -0.3 is 4.90 Å². The maximum absolute atomic E-state index is 13.3. The van der Waals surface area contributed by atoms with Crippen molar-refractivity contribution in [3.8, 4) is 0 Å². The van der Waals surface area contributed by atoms with E-state index < -0.39 is 0 Å². The van der Waals surface area contributed by atoms with Gasteiger partial charge in [0.25, 0.3) is 0 Å². The van der Waals surface area contributed by atoms with Gasteiger partial charge in [0, 0.05) is 29.5 Å². The topological polar surface area (TPSA) is 20.3 Å². The highest BCUT2D eigenvalue weighted by molar-refractivity contribution is 6.25. The molecule has 1 heterocycles. The largest absolute Gasteiger partial charge is 0.371 e. The quantitative estimate of drug-likeness (QED) is 0.496. The van der Waals surface area contributed by atoms with Crippen molar-refractivity contribution in [2.45, 2.75) is 19.3 Å². The number of anilines is 1. The number of hydrogen-bond acceptors (Lipinski definition) is 2. The second-order valence-corrected chi connectivity index (χ2v) is 6.79. The Morgan fingerprint density at radius 3 is 2.17 bits per heavy atom. The van der Waals surface area contributed by atoms with Crippen molar-refractivity contribution in [3.63, 3.8) is 0 Å². The zero-order valence-electron chi connectivity index (χ0n) is 13.6. The van der Waals surface area contributed by atoms with Gasteiger partial charge in [-0.1, -0.05) is 48.5 Å². The van der Waals surface area contributed by atoms with Crippen LogP contribution in [0.25, 0.3) is 32.3 Å². The molecular formula is C22H19NO. The maximum atomic E-state index is 13.3. The number of hydrogen-bond donors (Lipinski definition) is 0. The van der Waals surface area contributed by atoms with Gasteiger partial charge >= 0.3 is 0 Å². The fourth-order valence-corrected chi connectivity index (χ4v) is 4.27. The Balaban J connectivity index is 1.99. The minimum Gasteiger partial charge on any atom is -0.371 e. The lowest BCUT2D eigenvalue weighted by Gasteiger charge is -2.28. The van der Waals surface area contributed by atoms with Crippen LogP contribution >= 0.6 is 0 Å². The average Bonchev–Trinajstić information content (AvgIpc) is 2.89. The zero-order chi connectivity index (χ0) is 16.1. The van der Waals surface area contributed by atoms with Crippen LogP contribution in [0.15, 0.2) is 59.4 Å². The van der Waals surface area contributed by atoms with Gasteiger partial charge in [-0.25, -0.2) is 0 Å². The van der Waals surface area contributed by atoms with E-state index in [1.54, 1.807) is 0 Å². The van der Waals surface area contributed by atoms with Gasteiger partial charge in [0.05, 0.1) is 5.39 Å². The van der Waals surface area contributed by atoms with E-state index in [2.05, 4.69) is 41.3 Å². The van der Waals surface area contributed by atoms with E-state index in [4.69, 9.17) is 0 Å². The molecule has 0 amide bonds. The minimum atomic E-state index is 0.180. The molecule has 4 aromatic rings. The molecule has 0 aliphatic carbocycles. The van der Waals surface area contributed by atoms with E-state index in [0.29, 0.717) is 0 Å². The number of nitrogens with zero attached hydrogens (tertiary/aromatic N) is 1. The van der Waals surface area contributed by atoms with Crippen molar-refractivity contribution in [1.29, 1.82) is 0 Å². The summed E-state index contributed by atoms with van der Waals surface area (Å²) in [6, 6.07) is 18.7. The molecule has 2 nitrogen and oxygen atoms in total. The Morgan fingerprint density at radius 2 is 1.38 bits per heavy atom. The van der Waals surface area contributed by atoms with Crippen molar-refractivity contribution < 1.29 is 0 Å². The normalized spacial score (nSPS) is 15.6. The zero-order valence-corrected chi connectivity index (χ0v) is 13.6. The molecule has 118 valence electrons. The van der Waals surface area contributed by atoms with Crippen LogP contribution in [-0.4, -0.2) is 13.1 Å². The molecule has 5 rings (SSSR count). The molecule has 24 heavy (non-hydrogen) atoms. The van der Waals surface area contributed by atoms with Crippen LogP contribution in [0.2, 0.25) is 0 Å². The summed E-state index contributed by atoms with van der Waals surface area (Å²) in [5.41, 5.74) is 1.32. The highest BCUT2D eigenvalue weighted by Gasteiger charge is 2.20. The van der Waals surface area contributed by atoms with Gasteiger partial charge in [0.1, 0.15) is 0 Å². The van der Waals surface area contributed by atoms with Crippen molar-refractivity contribution in [2.24, 2.45) is 0 Å². The molecule has 2 heteroatoms. The molecular weight excluding hydrogens is 294 g/mol. The van der Waals surface area contributed by atoms with Crippen LogP contribution in [-0.2, 0) is 0 Å². The summed E-state index contributed by atoms with van der Waals surface area (Å²) in [6.07, 6.45) is 3.72. The fourth-order valence-electron chi connectivity index (χ4n) is 4.27. The molecule has 0 radical (unpaired) electrons. The molecule has 0 atom stereocenters. The lowest BCUT2D eigenvalue weighted by atomic mass is 10.00. The molecule has 1 aliphatic heterocycles. The third-order valence-electron chi connectivity index (χ3n) is 5.39. The van der Waals surface area contributed by atoms with Crippen LogP contribution in [0.5, 0.6) is 0 Å². The number of benzene rings is 2. The lowest BCUT2D eigenvalue weighted by Crippen LogP contribution is -2.29. The predicted octanol–water partition coefficient (Wildman–Crippen LogP) is 4.93. The lowest BCUT2D eigenvalue weighted by molar-refractivity contribution is 0.579. The van der Waals surface area contributed by atoms with Crippen LogP contribution in [0, 0.1) is 0 Å². The van der Waals surface area contributed by atoms with Crippen LogP contribution < -0.4 is 10.3 Å². The van der Waals surface area contributed by atoms with Gasteiger partial charge in [-0.3, -0.25) is 4.79 Å². The van der Waals surface area contributed by atoms with E-state index in [1.807, 2.05) is 18.2 Å². The van der Waals surface area contributed by atoms with Crippen molar-refractivity contribution >= 4 is 38.0 Å². The van der Waals surface area contributed by atoms with E-state index in [9.17, 15) is 4.79 Å². The summed E-state index contributed by atoms with van der Waals surface area (Å²) in [4.78, 5) is 15.7. The third-order valence-corrected chi connectivity index (χ3v) is 5.39. The highest BCUT2D eigenvalue weighted by atomic mass is 16.1. The number of fused-ring (bicyclic) bond motifs is 2. The molecule has 1 fully saturated rings. The molecule has 0 aromatic heterocycles. The first-order valence-electron chi connectivity index (χ1n) is 8.79. The second-order valence-electron chi connectivity index (χ2n) is 6.79. The van der Waals surface area contributed by atoms with Gasteiger partial charge in [0.15, 0.2) is 5.43 Å². The van der Waals surface area contributed by atoms with E-state index in [0.717, 1.165) is 40.3 Å². The van der Waals surface area contributed by atoms with Gasteiger partial charge in [-0.15, -0.1) is 0 Å². The molecule has 4 aromatic carbocycles. The Kier molecular flexibility index (Phi) is 2.99. The SMILES string of the molecule is O=c1c2ccccc2c2ccccc3cc(N4CCCCC4)c1c32. The average molecular weight is 313 g/mol. The Labute approximate surface area is 140 Å². The monoisotopic (exact) mass is 313 g/mol. The summed E-state index contributed by atoms with van der Waals surface area (Å²) < 4.78 is 0. The van der Waals surface area contributed by atoms with E-state index >= 15 is 0 Å². The molecule has 0 unspecified atom stereocenters. The van der Waals surface area contributed by atoms with Crippen molar-refractivity contribution in [2.75, 3.05) is 18.0 Å². The third kappa shape index (κ3) is 1.86. The fraction of sp³-hybridized carbons (Fsp3) is 0.227.